The van der Waals surface area contributed by atoms with Gasteiger partial charge in [0.25, 0.3) is 0 Å². The molecule has 1 aromatic heterocycles. The average molecular weight is 292 g/mol. The van der Waals surface area contributed by atoms with Crippen LogP contribution in [0.4, 0.5) is 8.78 Å². The van der Waals surface area contributed by atoms with Gasteiger partial charge in [-0.15, -0.1) is 0 Å². The Labute approximate surface area is 118 Å². The molecule has 5 heteroatoms. The van der Waals surface area contributed by atoms with Crippen molar-refractivity contribution >= 4 is 28.8 Å². The molecule has 0 amide bonds. The van der Waals surface area contributed by atoms with Crippen LogP contribution in [0.5, 0.6) is 0 Å². The lowest BCUT2D eigenvalue weighted by Gasteiger charge is -2.01. The maximum atomic E-state index is 13.3. The first-order valence-electron chi connectivity index (χ1n) is 5.82. The van der Waals surface area contributed by atoms with Crippen molar-refractivity contribution in [3.05, 3.63) is 58.6 Å². The Morgan fingerprint density at radius 1 is 1.05 bits per heavy atom. The highest BCUT2D eigenvalue weighted by Gasteiger charge is 2.14. The molecule has 2 nitrogen and oxygen atoms in total. The highest BCUT2D eigenvalue weighted by Crippen LogP contribution is 2.31. The number of hydrogen-bond donors (Lipinski definition) is 1. The van der Waals surface area contributed by atoms with Crippen LogP contribution in [0.2, 0.25) is 5.02 Å². The van der Waals surface area contributed by atoms with Crippen LogP contribution in [0.3, 0.4) is 0 Å². The van der Waals surface area contributed by atoms with Crippen LogP contribution >= 0.6 is 11.6 Å². The van der Waals surface area contributed by atoms with Gasteiger partial charge in [0.05, 0.1) is 5.69 Å². The van der Waals surface area contributed by atoms with Crippen LogP contribution in [-0.2, 0) is 0 Å². The minimum atomic E-state index is -0.962. The van der Waals surface area contributed by atoms with Gasteiger partial charge in [-0.25, -0.2) is 8.78 Å². The van der Waals surface area contributed by atoms with E-state index >= 15 is 0 Å². The number of aldehydes is 1. The van der Waals surface area contributed by atoms with Crippen molar-refractivity contribution in [2.24, 2.45) is 0 Å². The second-order valence-corrected chi connectivity index (χ2v) is 4.79. The third-order valence-electron chi connectivity index (χ3n) is 3.13. The van der Waals surface area contributed by atoms with Crippen molar-refractivity contribution in [2.75, 3.05) is 0 Å². The summed E-state index contributed by atoms with van der Waals surface area (Å²) in [6, 6.07) is 8.56. The first-order valence-corrected chi connectivity index (χ1v) is 6.20. The number of carbonyl (C=O) groups is 1. The molecule has 0 aliphatic heterocycles. The van der Waals surface area contributed by atoms with Crippen molar-refractivity contribution in [2.45, 2.75) is 0 Å². The topological polar surface area (TPSA) is 32.9 Å². The summed E-state index contributed by atoms with van der Waals surface area (Å²) in [5.74, 6) is -1.89. The number of nitrogens with one attached hydrogen (secondary N) is 1. The second kappa shape index (κ2) is 4.72. The molecular formula is C15H8ClF2NO. The predicted octanol–water partition coefficient (Wildman–Crippen LogP) is 4.58. The third-order valence-corrected chi connectivity index (χ3v) is 3.36. The Hall–Kier alpha value is -2.20. The molecule has 1 N–H and O–H groups in total. The summed E-state index contributed by atoms with van der Waals surface area (Å²) in [4.78, 5) is 14.3. The van der Waals surface area contributed by atoms with Gasteiger partial charge in [-0.2, -0.15) is 0 Å². The number of aromatic nitrogens is 1. The number of hydrogen-bond acceptors (Lipinski definition) is 1. The Kier molecular flexibility index (Phi) is 3.03. The zero-order chi connectivity index (χ0) is 14.3. The highest BCUT2D eigenvalue weighted by molar-refractivity contribution is 6.31. The number of aromatic amines is 1. The van der Waals surface area contributed by atoms with Crippen LogP contribution < -0.4 is 0 Å². The number of halogens is 3. The molecule has 2 aromatic carbocycles. The van der Waals surface area contributed by atoms with E-state index in [9.17, 15) is 13.6 Å². The van der Waals surface area contributed by atoms with Gasteiger partial charge >= 0.3 is 0 Å². The van der Waals surface area contributed by atoms with Crippen LogP contribution in [0, 0.1) is 11.6 Å². The monoisotopic (exact) mass is 291 g/mol. The molecule has 0 saturated heterocycles. The van der Waals surface area contributed by atoms with Crippen molar-refractivity contribution in [1.29, 1.82) is 0 Å². The Bertz CT molecular complexity index is 826. The van der Waals surface area contributed by atoms with E-state index < -0.39 is 11.6 Å². The summed E-state index contributed by atoms with van der Waals surface area (Å²) < 4.78 is 26.3. The molecule has 0 fully saturated rings. The molecule has 0 unspecified atom stereocenters. The molecule has 100 valence electrons. The Morgan fingerprint density at radius 2 is 1.85 bits per heavy atom. The number of fused-ring (bicyclic) bond motifs is 1. The fourth-order valence-corrected chi connectivity index (χ4v) is 2.36. The third kappa shape index (κ3) is 1.98. The van der Waals surface area contributed by atoms with Crippen molar-refractivity contribution in [1.82, 2.24) is 4.98 Å². The molecule has 0 aliphatic rings. The molecule has 0 saturated carbocycles. The van der Waals surface area contributed by atoms with E-state index in [0.717, 1.165) is 12.1 Å². The first kappa shape index (κ1) is 12.8. The normalized spacial score (nSPS) is 10.9. The fraction of sp³-hybridized carbons (Fsp3) is 0. The van der Waals surface area contributed by atoms with Gasteiger partial charge < -0.3 is 4.98 Å². The zero-order valence-corrected chi connectivity index (χ0v) is 10.8. The molecule has 0 radical (unpaired) electrons. The van der Waals surface area contributed by atoms with Crippen LogP contribution in [0.25, 0.3) is 22.2 Å². The van der Waals surface area contributed by atoms with Gasteiger partial charge in [-0.3, -0.25) is 4.79 Å². The lowest BCUT2D eigenvalue weighted by atomic mass is 10.1. The largest absolute Gasteiger partial charge is 0.354 e. The molecule has 1 heterocycles. The van der Waals surface area contributed by atoms with Gasteiger partial charge in [0.1, 0.15) is 0 Å². The number of rotatable bonds is 2. The summed E-state index contributed by atoms with van der Waals surface area (Å²) in [7, 11) is 0. The minimum absolute atomic E-state index is 0.369. The van der Waals surface area contributed by atoms with Gasteiger partial charge in [-0.05, 0) is 36.4 Å². The van der Waals surface area contributed by atoms with Crippen molar-refractivity contribution in [3.63, 3.8) is 0 Å². The van der Waals surface area contributed by atoms with Gasteiger partial charge in [0, 0.05) is 27.1 Å². The van der Waals surface area contributed by atoms with E-state index in [-0.39, 0.29) is 0 Å². The Morgan fingerprint density at radius 3 is 2.55 bits per heavy atom. The molecule has 0 aliphatic carbocycles. The quantitative estimate of drug-likeness (QED) is 0.689. The maximum absolute atomic E-state index is 13.3. The zero-order valence-electron chi connectivity index (χ0n) is 10.1. The van der Waals surface area contributed by atoms with E-state index in [0.29, 0.717) is 39.0 Å². The molecule has 0 bridgehead atoms. The number of carbonyl (C=O) groups excluding carboxylic acids is 1. The van der Waals surface area contributed by atoms with Crippen molar-refractivity contribution < 1.29 is 13.6 Å². The average Bonchev–Trinajstić information content (AvgIpc) is 2.79. The second-order valence-electron chi connectivity index (χ2n) is 4.35. The predicted molar refractivity (Wildman–Crippen MR) is 74.0 cm³/mol. The first-order chi connectivity index (χ1) is 9.60. The lowest BCUT2D eigenvalue weighted by molar-refractivity contribution is 0.112. The molecule has 3 aromatic rings. The summed E-state index contributed by atoms with van der Waals surface area (Å²) in [5, 5.41) is 1.14. The van der Waals surface area contributed by atoms with Crippen molar-refractivity contribution in [3.8, 4) is 11.3 Å². The molecular weight excluding hydrogens is 284 g/mol. The molecule has 0 atom stereocenters. The van der Waals surface area contributed by atoms with Gasteiger partial charge in [0.2, 0.25) is 0 Å². The van der Waals surface area contributed by atoms with E-state index in [1.807, 2.05) is 0 Å². The lowest BCUT2D eigenvalue weighted by Crippen LogP contribution is -1.88. The molecule has 20 heavy (non-hydrogen) atoms. The summed E-state index contributed by atoms with van der Waals surface area (Å²) in [6.07, 6.45) is 0.672. The SMILES string of the molecule is O=Cc1c(-c2ccc(F)c(F)c2)[nH]c2ccc(Cl)cc12. The van der Waals surface area contributed by atoms with Gasteiger partial charge in [0.15, 0.2) is 17.9 Å². The van der Waals surface area contributed by atoms with Crippen LogP contribution in [-0.4, -0.2) is 11.3 Å². The summed E-state index contributed by atoms with van der Waals surface area (Å²) >= 11 is 5.91. The summed E-state index contributed by atoms with van der Waals surface area (Å²) in [6.45, 7) is 0. The van der Waals surface area contributed by atoms with E-state index in [1.54, 1.807) is 18.2 Å². The van der Waals surface area contributed by atoms with Crippen LogP contribution in [0.1, 0.15) is 10.4 Å². The van der Waals surface area contributed by atoms with E-state index in [2.05, 4.69) is 4.98 Å². The van der Waals surface area contributed by atoms with E-state index in [1.165, 1.54) is 6.07 Å². The minimum Gasteiger partial charge on any atom is -0.354 e. The highest BCUT2D eigenvalue weighted by atomic mass is 35.5. The Balaban J connectivity index is 2.30. The number of benzene rings is 2. The molecule has 0 spiro atoms. The fourth-order valence-electron chi connectivity index (χ4n) is 2.19. The number of H-pyrrole nitrogens is 1. The molecule has 3 rings (SSSR count). The maximum Gasteiger partial charge on any atom is 0.159 e. The van der Waals surface area contributed by atoms with Gasteiger partial charge in [-0.1, -0.05) is 11.6 Å². The smallest absolute Gasteiger partial charge is 0.159 e. The summed E-state index contributed by atoms with van der Waals surface area (Å²) in [5.41, 5.74) is 1.92. The van der Waals surface area contributed by atoms with E-state index in [4.69, 9.17) is 11.6 Å². The van der Waals surface area contributed by atoms with Crippen LogP contribution in [0.15, 0.2) is 36.4 Å². The standard InChI is InChI=1S/C15H8ClF2NO/c16-9-2-4-14-10(6-9)11(7-20)15(19-14)8-1-3-12(17)13(18)5-8/h1-7,19H.